The molecule has 0 aliphatic carbocycles. The third kappa shape index (κ3) is 3.56. The molecule has 0 radical (unpaired) electrons. The molecule has 0 amide bonds. The largest absolute Gasteiger partial charge is 0.328 e. The van der Waals surface area contributed by atoms with Crippen LogP contribution in [0, 0.1) is 6.92 Å². The first-order chi connectivity index (χ1) is 10.0. The van der Waals surface area contributed by atoms with Gasteiger partial charge in [0.1, 0.15) is 0 Å². The van der Waals surface area contributed by atoms with Crippen molar-refractivity contribution in [3.05, 3.63) is 68.0 Å². The number of ketones is 1. The van der Waals surface area contributed by atoms with Gasteiger partial charge in [-0.2, -0.15) is 0 Å². The van der Waals surface area contributed by atoms with Gasteiger partial charge in [0.25, 0.3) is 5.56 Å². The van der Waals surface area contributed by atoms with Crippen molar-refractivity contribution < 1.29 is 4.79 Å². The van der Waals surface area contributed by atoms with Gasteiger partial charge in [0.15, 0.2) is 5.78 Å². The summed E-state index contributed by atoms with van der Waals surface area (Å²) in [6.07, 6.45) is 3.44. The third-order valence-electron chi connectivity index (χ3n) is 3.32. The molecule has 2 aromatic rings. The van der Waals surface area contributed by atoms with E-state index >= 15 is 0 Å². The van der Waals surface area contributed by atoms with Crippen molar-refractivity contribution in [3.8, 4) is 0 Å². The maximum Gasteiger partial charge on any atom is 0.328 e. The second-order valence-electron chi connectivity index (χ2n) is 5.07. The monoisotopic (exact) mass is 286 g/mol. The molecule has 0 saturated heterocycles. The van der Waals surface area contributed by atoms with E-state index in [0.29, 0.717) is 11.1 Å². The van der Waals surface area contributed by atoms with Crippen LogP contribution in [0.5, 0.6) is 0 Å². The summed E-state index contributed by atoms with van der Waals surface area (Å²) in [5, 5.41) is 0. The van der Waals surface area contributed by atoms with Crippen LogP contribution in [0.2, 0.25) is 0 Å². The van der Waals surface area contributed by atoms with Crippen molar-refractivity contribution in [2.45, 2.75) is 33.2 Å². The van der Waals surface area contributed by atoms with Crippen LogP contribution in [0.3, 0.4) is 0 Å². The quantitative estimate of drug-likeness (QED) is 0.850. The molecule has 0 fully saturated rings. The molecule has 2 rings (SSSR count). The summed E-state index contributed by atoms with van der Waals surface area (Å²) in [5.74, 6) is -0.161. The van der Waals surface area contributed by atoms with E-state index in [2.05, 4.69) is 11.9 Å². The van der Waals surface area contributed by atoms with Crippen molar-refractivity contribution in [2.75, 3.05) is 0 Å². The number of carbonyl (C=O) groups is 1. The molecule has 0 aliphatic heterocycles. The van der Waals surface area contributed by atoms with Gasteiger partial charge in [0.05, 0.1) is 6.54 Å². The number of hydrogen-bond acceptors (Lipinski definition) is 3. The smallest absolute Gasteiger partial charge is 0.293 e. The number of hydrogen-bond donors (Lipinski definition) is 1. The van der Waals surface area contributed by atoms with Gasteiger partial charge < -0.3 is 0 Å². The molecule has 1 aromatic heterocycles. The fourth-order valence-corrected chi connectivity index (χ4v) is 2.13. The molecule has 110 valence electrons. The zero-order chi connectivity index (χ0) is 15.4. The number of aromatic nitrogens is 2. The molecule has 0 unspecified atom stereocenters. The number of H-pyrrole nitrogens is 1. The minimum atomic E-state index is -0.568. The van der Waals surface area contributed by atoms with E-state index in [1.807, 2.05) is 12.1 Å². The van der Waals surface area contributed by atoms with E-state index in [9.17, 15) is 14.4 Å². The van der Waals surface area contributed by atoms with E-state index < -0.39 is 11.2 Å². The summed E-state index contributed by atoms with van der Waals surface area (Å²) in [4.78, 5) is 37.3. The molecule has 0 bridgehead atoms. The van der Waals surface area contributed by atoms with E-state index in [1.54, 1.807) is 19.1 Å². The van der Waals surface area contributed by atoms with Crippen molar-refractivity contribution in [1.82, 2.24) is 9.55 Å². The summed E-state index contributed by atoms with van der Waals surface area (Å²) in [6.45, 7) is 3.62. The van der Waals surface area contributed by atoms with Gasteiger partial charge in [-0.15, -0.1) is 0 Å². The van der Waals surface area contributed by atoms with Crippen molar-refractivity contribution >= 4 is 5.78 Å². The van der Waals surface area contributed by atoms with Gasteiger partial charge in [-0.05, 0) is 18.9 Å². The van der Waals surface area contributed by atoms with Gasteiger partial charge >= 0.3 is 5.69 Å². The number of rotatable bonds is 5. The van der Waals surface area contributed by atoms with Crippen LogP contribution in [-0.4, -0.2) is 15.3 Å². The minimum Gasteiger partial charge on any atom is -0.293 e. The molecule has 5 heteroatoms. The second-order valence-corrected chi connectivity index (χ2v) is 5.07. The van der Waals surface area contributed by atoms with E-state index in [1.165, 1.54) is 16.3 Å². The van der Waals surface area contributed by atoms with Crippen LogP contribution >= 0.6 is 0 Å². The number of carbonyl (C=O) groups excluding carboxylic acids is 1. The highest BCUT2D eigenvalue weighted by atomic mass is 16.2. The molecule has 1 heterocycles. The first-order valence-electron chi connectivity index (χ1n) is 6.93. The van der Waals surface area contributed by atoms with Crippen LogP contribution < -0.4 is 11.2 Å². The lowest BCUT2D eigenvalue weighted by Gasteiger charge is -2.06. The summed E-state index contributed by atoms with van der Waals surface area (Å²) < 4.78 is 1.22. The lowest BCUT2D eigenvalue weighted by Crippen LogP contribution is -2.32. The predicted molar refractivity (Wildman–Crippen MR) is 80.8 cm³/mol. The Morgan fingerprint density at radius 3 is 2.48 bits per heavy atom. The Morgan fingerprint density at radius 1 is 1.19 bits per heavy atom. The lowest BCUT2D eigenvalue weighted by atomic mass is 10.1. The molecule has 0 saturated carbocycles. The van der Waals surface area contributed by atoms with Gasteiger partial charge in [-0.1, -0.05) is 37.6 Å². The maximum absolute atomic E-state index is 12.2. The number of benzene rings is 1. The Kier molecular flexibility index (Phi) is 4.52. The molecule has 0 aliphatic rings. The standard InChI is InChI=1S/C16H18N2O3/c1-3-4-12-5-7-13(8-6-12)14(19)10-18-9-11(2)15(20)17-16(18)21/h5-9H,3-4,10H2,1-2H3,(H,17,20,21). The Bertz CT molecular complexity index is 754. The Morgan fingerprint density at radius 2 is 1.86 bits per heavy atom. The highest BCUT2D eigenvalue weighted by Gasteiger charge is 2.09. The van der Waals surface area contributed by atoms with E-state index in [-0.39, 0.29) is 12.3 Å². The van der Waals surface area contributed by atoms with Gasteiger partial charge in [-0.25, -0.2) is 4.79 Å². The van der Waals surface area contributed by atoms with Crippen LogP contribution in [0.1, 0.15) is 34.8 Å². The van der Waals surface area contributed by atoms with Crippen molar-refractivity contribution in [2.24, 2.45) is 0 Å². The fourth-order valence-electron chi connectivity index (χ4n) is 2.13. The van der Waals surface area contributed by atoms with Gasteiger partial charge in [0, 0.05) is 17.3 Å². The predicted octanol–water partition coefficient (Wildman–Crippen LogP) is 1.68. The summed E-state index contributed by atoms with van der Waals surface area (Å²) in [5.41, 5.74) is 1.16. The minimum absolute atomic E-state index is 0.0798. The molecule has 1 aromatic carbocycles. The lowest BCUT2D eigenvalue weighted by molar-refractivity contribution is 0.0970. The normalized spacial score (nSPS) is 10.6. The highest BCUT2D eigenvalue weighted by molar-refractivity contribution is 5.95. The molecule has 0 atom stereocenters. The number of aromatic amines is 1. The summed E-state index contributed by atoms with van der Waals surface area (Å²) in [7, 11) is 0. The number of Topliss-reactive ketones (excluding diaryl/α,β-unsaturated/α-hetero) is 1. The molecular formula is C16H18N2O3. The zero-order valence-electron chi connectivity index (χ0n) is 12.2. The average molecular weight is 286 g/mol. The van der Waals surface area contributed by atoms with Crippen LogP contribution in [0.25, 0.3) is 0 Å². The van der Waals surface area contributed by atoms with E-state index in [0.717, 1.165) is 12.8 Å². The number of aryl methyl sites for hydroxylation is 2. The molecular weight excluding hydrogens is 268 g/mol. The average Bonchev–Trinajstić information content (AvgIpc) is 2.46. The van der Waals surface area contributed by atoms with Crippen molar-refractivity contribution in [1.29, 1.82) is 0 Å². The molecule has 21 heavy (non-hydrogen) atoms. The Labute approximate surface area is 122 Å². The zero-order valence-corrected chi connectivity index (χ0v) is 12.2. The summed E-state index contributed by atoms with van der Waals surface area (Å²) >= 11 is 0. The summed E-state index contributed by atoms with van der Waals surface area (Å²) in [6, 6.07) is 7.41. The van der Waals surface area contributed by atoms with Gasteiger partial charge in [-0.3, -0.25) is 19.1 Å². The first-order valence-corrected chi connectivity index (χ1v) is 6.93. The SMILES string of the molecule is CCCc1ccc(C(=O)Cn2cc(C)c(=O)[nH]c2=O)cc1. The second kappa shape index (κ2) is 6.35. The molecule has 1 N–H and O–H groups in total. The number of nitrogens with zero attached hydrogens (tertiary/aromatic N) is 1. The van der Waals surface area contributed by atoms with E-state index in [4.69, 9.17) is 0 Å². The maximum atomic E-state index is 12.2. The van der Waals surface area contributed by atoms with Crippen LogP contribution in [-0.2, 0) is 13.0 Å². The Hall–Kier alpha value is -2.43. The number of nitrogens with one attached hydrogen (secondary N) is 1. The van der Waals surface area contributed by atoms with Gasteiger partial charge in [0.2, 0.25) is 0 Å². The first kappa shape index (κ1) is 15.0. The Balaban J connectivity index is 2.20. The molecule has 0 spiro atoms. The van der Waals surface area contributed by atoms with Crippen molar-refractivity contribution in [3.63, 3.8) is 0 Å². The van der Waals surface area contributed by atoms with Crippen LogP contribution in [0.15, 0.2) is 40.1 Å². The van der Waals surface area contributed by atoms with Crippen LogP contribution in [0.4, 0.5) is 0 Å². The molecule has 5 nitrogen and oxygen atoms in total. The third-order valence-corrected chi connectivity index (χ3v) is 3.32. The topological polar surface area (TPSA) is 71.9 Å². The fraction of sp³-hybridized carbons (Fsp3) is 0.312. The highest BCUT2D eigenvalue weighted by Crippen LogP contribution is 2.08.